The molecule has 0 amide bonds. The average Bonchev–Trinajstić information content (AvgIpc) is 2.40. The highest BCUT2D eigenvalue weighted by Crippen LogP contribution is 2.36. The third kappa shape index (κ3) is 3.18. The van der Waals surface area contributed by atoms with E-state index in [1.807, 2.05) is 7.05 Å². The van der Waals surface area contributed by atoms with Crippen molar-refractivity contribution in [2.24, 2.45) is 0 Å². The second-order valence-corrected chi connectivity index (χ2v) is 6.16. The summed E-state index contributed by atoms with van der Waals surface area (Å²) in [6, 6.07) is 9.26. The van der Waals surface area contributed by atoms with E-state index in [1.54, 1.807) is 0 Å². The lowest BCUT2D eigenvalue weighted by Gasteiger charge is -2.40. The van der Waals surface area contributed by atoms with Crippen molar-refractivity contribution in [1.82, 2.24) is 5.32 Å². The van der Waals surface area contributed by atoms with Gasteiger partial charge in [-0.15, -0.1) is 0 Å². The number of benzene rings is 1. The van der Waals surface area contributed by atoms with Gasteiger partial charge >= 0.3 is 0 Å². The summed E-state index contributed by atoms with van der Waals surface area (Å²) in [5, 5.41) is 3.45. The van der Waals surface area contributed by atoms with Crippen molar-refractivity contribution in [1.29, 1.82) is 0 Å². The molecule has 1 N–H and O–H groups in total. The monoisotopic (exact) mass is 261 g/mol. The summed E-state index contributed by atoms with van der Waals surface area (Å²) in [7, 11) is 2.03. The molecular weight excluding hydrogens is 234 g/mol. The van der Waals surface area contributed by atoms with Crippen LogP contribution in [0, 0.1) is 0 Å². The summed E-state index contributed by atoms with van der Waals surface area (Å²) in [6.45, 7) is 7.59. The molecule has 2 heteroatoms. The fourth-order valence-corrected chi connectivity index (χ4v) is 3.08. The Balaban J connectivity index is 2.21. The molecule has 106 valence electrons. The molecule has 1 fully saturated rings. The smallest absolute Gasteiger partial charge is 0.0848 e. The molecule has 2 nitrogen and oxygen atoms in total. The number of rotatable bonds is 4. The first-order valence-corrected chi connectivity index (χ1v) is 7.48. The molecule has 1 aliphatic heterocycles. The minimum Gasteiger partial charge on any atom is -0.373 e. The maximum absolute atomic E-state index is 6.09. The molecule has 0 bridgehead atoms. The van der Waals surface area contributed by atoms with E-state index in [0.29, 0.717) is 5.92 Å². The molecule has 1 aromatic rings. The molecule has 1 heterocycles. The Labute approximate surface area is 117 Å². The lowest BCUT2D eigenvalue weighted by atomic mass is 9.83. The molecule has 0 radical (unpaired) electrons. The van der Waals surface area contributed by atoms with Gasteiger partial charge in [-0.2, -0.15) is 0 Å². The van der Waals surface area contributed by atoms with Crippen molar-refractivity contribution < 1.29 is 4.74 Å². The van der Waals surface area contributed by atoms with Gasteiger partial charge in [0, 0.05) is 6.61 Å². The first-order valence-electron chi connectivity index (χ1n) is 7.48. The highest BCUT2D eigenvalue weighted by atomic mass is 16.5. The molecular formula is C17H27NO. The van der Waals surface area contributed by atoms with Crippen LogP contribution in [-0.4, -0.2) is 19.3 Å². The van der Waals surface area contributed by atoms with Gasteiger partial charge in [0.25, 0.3) is 0 Å². The lowest BCUT2D eigenvalue weighted by Crippen LogP contribution is -2.44. The van der Waals surface area contributed by atoms with Gasteiger partial charge in [-0.3, -0.25) is 0 Å². The minimum absolute atomic E-state index is 0.0770. The van der Waals surface area contributed by atoms with Gasteiger partial charge in [-0.1, -0.05) is 38.1 Å². The van der Waals surface area contributed by atoms with Crippen LogP contribution < -0.4 is 5.32 Å². The summed E-state index contributed by atoms with van der Waals surface area (Å²) in [5.41, 5.74) is 2.65. The lowest BCUT2D eigenvalue weighted by molar-refractivity contribution is -0.0884. The fourth-order valence-electron chi connectivity index (χ4n) is 3.08. The van der Waals surface area contributed by atoms with Crippen LogP contribution in [0.15, 0.2) is 24.3 Å². The van der Waals surface area contributed by atoms with Crippen molar-refractivity contribution in [2.75, 3.05) is 13.7 Å². The maximum Gasteiger partial charge on any atom is 0.0848 e. The summed E-state index contributed by atoms with van der Waals surface area (Å²) >= 11 is 0. The first-order chi connectivity index (χ1) is 9.07. The van der Waals surface area contributed by atoms with E-state index in [1.165, 1.54) is 24.0 Å². The summed E-state index contributed by atoms with van der Waals surface area (Å²) in [5.74, 6) is 0.587. The zero-order valence-electron chi connectivity index (χ0n) is 12.7. The standard InChI is InChI=1S/C17H27NO/c1-13(2)14-7-9-15(10-8-14)16(18-4)17(3)11-5-6-12-19-17/h7-10,13,16,18H,5-6,11-12H2,1-4H3. The van der Waals surface area contributed by atoms with E-state index >= 15 is 0 Å². The van der Waals surface area contributed by atoms with E-state index < -0.39 is 0 Å². The van der Waals surface area contributed by atoms with Gasteiger partial charge in [-0.25, -0.2) is 0 Å². The Bertz CT molecular complexity index is 390. The fraction of sp³-hybridized carbons (Fsp3) is 0.647. The third-order valence-corrected chi connectivity index (χ3v) is 4.34. The topological polar surface area (TPSA) is 21.3 Å². The molecule has 2 atom stereocenters. The first kappa shape index (κ1) is 14.5. The molecule has 0 aliphatic carbocycles. The van der Waals surface area contributed by atoms with Crippen LogP contribution in [-0.2, 0) is 4.74 Å². The molecule has 0 aromatic heterocycles. The Hall–Kier alpha value is -0.860. The predicted octanol–water partition coefficient (Wildman–Crippen LogP) is 4.03. The van der Waals surface area contributed by atoms with Crippen LogP contribution in [0.5, 0.6) is 0 Å². The van der Waals surface area contributed by atoms with Crippen LogP contribution in [0.2, 0.25) is 0 Å². The molecule has 1 aliphatic rings. The van der Waals surface area contributed by atoms with Gasteiger partial charge in [0.2, 0.25) is 0 Å². The summed E-state index contributed by atoms with van der Waals surface area (Å²) in [6.07, 6.45) is 3.58. The number of hydrogen-bond acceptors (Lipinski definition) is 2. The second-order valence-electron chi connectivity index (χ2n) is 6.16. The van der Waals surface area contributed by atoms with Gasteiger partial charge in [-0.05, 0) is 50.3 Å². The summed E-state index contributed by atoms with van der Waals surface area (Å²) in [4.78, 5) is 0. The third-order valence-electron chi connectivity index (χ3n) is 4.34. The van der Waals surface area contributed by atoms with Gasteiger partial charge in [0.15, 0.2) is 0 Å². The van der Waals surface area contributed by atoms with E-state index in [2.05, 4.69) is 50.4 Å². The van der Waals surface area contributed by atoms with Gasteiger partial charge in [0.05, 0.1) is 11.6 Å². The van der Waals surface area contributed by atoms with Crippen LogP contribution in [0.3, 0.4) is 0 Å². The quantitative estimate of drug-likeness (QED) is 0.883. The van der Waals surface area contributed by atoms with Gasteiger partial charge in [0.1, 0.15) is 0 Å². The van der Waals surface area contributed by atoms with Crippen molar-refractivity contribution in [3.05, 3.63) is 35.4 Å². The van der Waals surface area contributed by atoms with E-state index in [-0.39, 0.29) is 11.6 Å². The molecule has 19 heavy (non-hydrogen) atoms. The molecule has 2 rings (SSSR count). The van der Waals surface area contributed by atoms with E-state index in [9.17, 15) is 0 Å². The molecule has 2 unspecified atom stereocenters. The average molecular weight is 261 g/mol. The molecule has 1 aromatic carbocycles. The van der Waals surface area contributed by atoms with E-state index in [4.69, 9.17) is 4.74 Å². The largest absolute Gasteiger partial charge is 0.373 e. The van der Waals surface area contributed by atoms with Crippen LogP contribution in [0.25, 0.3) is 0 Å². The summed E-state index contributed by atoms with van der Waals surface area (Å²) < 4.78 is 6.09. The normalized spacial score (nSPS) is 25.5. The Morgan fingerprint density at radius 2 is 1.74 bits per heavy atom. The minimum atomic E-state index is -0.0770. The van der Waals surface area contributed by atoms with Crippen LogP contribution >= 0.6 is 0 Å². The number of nitrogens with one attached hydrogen (secondary N) is 1. The maximum atomic E-state index is 6.09. The van der Waals surface area contributed by atoms with Crippen molar-refractivity contribution in [3.8, 4) is 0 Å². The Kier molecular flexibility index (Phi) is 4.64. The Morgan fingerprint density at radius 1 is 1.11 bits per heavy atom. The van der Waals surface area contributed by atoms with Crippen molar-refractivity contribution in [2.45, 2.75) is 57.6 Å². The number of hydrogen-bond donors (Lipinski definition) is 1. The van der Waals surface area contributed by atoms with Crippen LogP contribution in [0.1, 0.15) is 63.1 Å². The van der Waals surface area contributed by atoms with E-state index in [0.717, 1.165) is 13.0 Å². The Morgan fingerprint density at radius 3 is 2.21 bits per heavy atom. The number of likely N-dealkylation sites (N-methyl/N-ethyl adjacent to an activating group) is 1. The SMILES string of the molecule is CNC(c1ccc(C(C)C)cc1)C1(C)CCCCO1. The highest BCUT2D eigenvalue weighted by Gasteiger charge is 2.36. The number of ether oxygens (including phenoxy) is 1. The highest BCUT2D eigenvalue weighted by molar-refractivity contribution is 5.28. The van der Waals surface area contributed by atoms with Gasteiger partial charge < -0.3 is 10.1 Å². The van der Waals surface area contributed by atoms with Crippen molar-refractivity contribution >= 4 is 0 Å². The molecule has 0 spiro atoms. The van der Waals surface area contributed by atoms with Crippen molar-refractivity contribution in [3.63, 3.8) is 0 Å². The molecule has 0 saturated carbocycles. The molecule has 1 saturated heterocycles. The predicted molar refractivity (Wildman–Crippen MR) is 80.5 cm³/mol. The zero-order valence-corrected chi connectivity index (χ0v) is 12.7. The second kappa shape index (κ2) is 6.06. The van der Waals surface area contributed by atoms with Crippen LogP contribution in [0.4, 0.5) is 0 Å². The zero-order chi connectivity index (χ0) is 13.9.